The quantitative estimate of drug-likeness (QED) is 0.829. The van der Waals surface area contributed by atoms with Crippen LogP contribution in [-0.4, -0.2) is 23.6 Å². The van der Waals surface area contributed by atoms with Gasteiger partial charge in [-0.2, -0.15) is 0 Å². The summed E-state index contributed by atoms with van der Waals surface area (Å²) in [4.78, 5) is 11.7. The number of nitrogens with one attached hydrogen (secondary N) is 2. The second kappa shape index (κ2) is 6.59. The summed E-state index contributed by atoms with van der Waals surface area (Å²) < 4.78 is 2.00. The predicted molar refractivity (Wildman–Crippen MR) is 72.1 cm³/mol. The molecule has 1 aromatic rings. The molecule has 0 unspecified atom stereocenters. The van der Waals surface area contributed by atoms with Gasteiger partial charge in [-0.25, -0.2) is 0 Å². The number of hydrogen-bond acceptors (Lipinski definition) is 2. The predicted octanol–water partition coefficient (Wildman–Crippen LogP) is 1.42. The average Bonchev–Trinajstić information content (AvgIpc) is 2.81. The zero-order valence-corrected chi connectivity index (χ0v) is 11.1. The van der Waals surface area contributed by atoms with Gasteiger partial charge in [0, 0.05) is 32.4 Å². The summed E-state index contributed by atoms with van der Waals surface area (Å²) in [6, 6.07) is 2.03. The van der Waals surface area contributed by atoms with Crippen LogP contribution in [0.5, 0.6) is 0 Å². The summed E-state index contributed by atoms with van der Waals surface area (Å²) >= 11 is 0. The molecule has 0 atom stereocenters. The van der Waals surface area contributed by atoms with E-state index in [2.05, 4.69) is 10.6 Å². The fourth-order valence-electron chi connectivity index (χ4n) is 2.46. The van der Waals surface area contributed by atoms with Crippen molar-refractivity contribution in [3.8, 4) is 0 Å². The monoisotopic (exact) mass is 249 g/mol. The van der Waals surface area contributed by atoms with Crippen LogP contribution in [0.15, 0.2) is 18.5 Å². The Morgan fingerprint density at radius 1 is 1.50 bits per heavy atom. The van der Waals surface area contributed by atoms with Gasteiger partial charge < -0.3 is 15.2 Å². The largest absolute Gasteiger partial charge is 0.357 e. The van der Waals surface area contributed by atoms with E-state index in [0.29, 0.717) is 13.0 Å². The fraction of sp³-hybridized carbons (Fsp3) is 0.643. The number of piperidine rings is 1. The SMILES string of the molecule is Cn1ccc(CNC(=O)CCC2CCNCC2)c1. The molecule has 0 bridgehead atoms. The van der Waals surface area contributed by atoms with Crippen LogP contribution in [0, 0.1) is 5.92 Å². The first kappa shape index (κ1) is 13.1. The summed E-state index contributed by atoms with van der Waals surface area (Å²) in [5, 5.41) is 6.33. The van der Waals surface area contributed by atoms with Crippen LogP contribution in [0.4, 0.5) is 0 Å². The molecule has 1 aliphatic rings. The molecule has 1 aliphatic heterocycles. The molecule has 2 heterocycles. The third-order valence-electron chi connectivity index (χ3n) is 3.62. The van der Waals surface area contributed by atoms with Gasteiger partial charge >= 0.3 is 0 Å². The second-order valence-electron chi connectivity index (χ2n) is 5.19. The average molecular weight is 249 g/mol. The molecular formula is C14H23N3O. The summed E-state index contributed by atoms with van der Waals surface area (Å²) in [5.74, 6) is 0.908. The molecule has 18 heavy (non-hydrogen) atoms. The molecule has 0 aromatic carbocycles. The fourth-order valence-corrected chi connectivity index (χ4v) is 2.46. The molecular weight excluding hydrogens is 226 g/mol. The number of carbonyl (C=O) groups is 1. The molecule has 1 amide bonds. The highest BCUT2D eigenvalue weighted by Crippen LogP contribution is 2.17. The lowest BCUT2D eigenvalue weighted by atomic mass is 9.93. The lowest BCUT2D eigenvalue weighted by Gasteiger charge is -2.22. The van der Waals surface area contributed by atoms with E-state index >= 15 is 0 Å². The zero-order valence-electron chi connectivity index (χ0n) is 11.1. The standard InChI is InChI=1S/C14H23N3O/c1-17-9-6-13(11-17)10-16-14(18)3-2-12-4-7-15-8-5-12/h6,9,11-12,15H,2-5,7-8,10H2,1H3,(H,16,18). The highest BCUT2D eigenvalue weighted by molar-refractivity contribution is 5.75. The summed E-state index contributed by atoms with van der Waals surface area (Å²) in [7, 11) is 1.99. The third kappa shape index (κ3) is 4.18. The lowest BCUT2D eigenvalue weighted by Crippen LogP contribution is -2.29. The Balaban J connectivity index is 1.62. The van der Waals surface area contributed by atoms with E-state index in [4.69, 9.17) is 0 Å². The van der Waals surface area contributed by atoms with E-state index < -0.39 is 0 Å². The van der Waals surface area contributed by atoms with Crippen molar-refractivity contribution in [2.45, 2.75) is 32.2 Å². The van der Waals surface area contributed by atoms with Crippen molar-refractivity contribution in [1.29, 1.82) is 0 Å². The first-order valence-corrected chi connectivity index (χ1v) is 6.82. The van der Waals surface area contributed by atoms with Crippen molar-refractivity contribution in [3.63, 3.8) is 0 Å². The summed E-state index contributed by atoms with van der Waals surface area (Å²) in [6.45, 7) is 2.86. The molecule has 0 saturated carbocycles. The summed E-state index contributed by atoms with van der Waals surface area (Å²) in [5.41, 5.74) is 1.16. The molecule has 0 radical (unpaired) electrons. The Morgan fingerprint density at radius 3 is 2.94 bits per heavy atom. The van der Waals surface area contributed by atoms with E-state index in [1.54, 1.807) is 0 Å². The van der Waals surface area contributed by atoms with Crippen molar-refractivity contribution in [1.82, 2.24) is 15.2 Å². The van der Waals surface area contributed by atoms with Gasteiger partial charge in [0.05, 0.1) is 0 Å². The van der Waals surface area contributed by atoms with Crippen LogP contribution in [0.25, 0.3) is 0 Å². The number of nitrogens with zero attached hydrogens (tertiary/aromatic N) is 1. The smallest absolute Gasteiger partial charge is 0.220 e. The van der Waals surface area contributed by atoms with Crippen molar-refractivity contribution < 1.29 is 4.79 Å². The minimum Gasteiger partial charge on any atom is -0.357 e. The van der Waals surface area contributed by atoms with Crippen LogP contribution in [0.3, 0.4) is 0 Å². The van der Waals surface area contributed by atoms with Crippen molar-refractivity contribution in [2.75, 3.05) is 13.1 Å². The number of aromatic nitrogens is 1. The molecule has 0 spiro atoms. The highest BCUT2D eigenvalue weighted by atomic mass is 16.1. The number of hydrogen-bond donors (Lipinski definition) is 2. The highest BCUT2D eigenvalue weighted by Gasteiger charge is 2.14. The molecule has 2 N–H and O–H groups in total. The minimum atomic E-state index is 0.178. The van der Waals surface area contributed by atoms with Crippen LogP contribution < -0.4 is 10.6 Å². The van der Waals surface area contributed by atoms with Crippen LogP contribution in [-0.2, 0) is 18.4 Å². The first-order chi connectivity index (χ1) is 8.74. The Kier molecular flexibility index (Phi) is 4.81. The number of rotatable bonds is 5. The van der Waals surface area contributed by atoms with Crippen LogP contribution >= 0.6 is 0 Å². The van der Waals surface area contributed by atoms with Crippen molar-refractivity contribution in [3.05, 3.63) is 24.0 Å². The lowest BCUT2D eigenvalue weighted by molar-refractivity contribution is -0.121. The number of aryl methyl sites for hydroxylation is 1. The molecule has 4 heteroatoms. The minimum absolute atomic E-state index is 0.178. The molecule has 1 fully saturated rings. The van der Waals surface area contributed by atoms with Gasteiger partial charge in [-0.3, -0.25) is 4.79 Å². The molecule has 2 rings (SSSR count). The van der Waals surface area contributed by atoms with Gasteiger partial charge in [-0.1, -0.05) is 0 Å². The first-order valence-electron chi connectivity index (χ1n) is 6.82. The van der Waals surface area contributed by atoms with E-state index in [-0.39, 0.29) is 5.91 Å². The topological polar surface area (TPSA) is 46.1 Å². The van der Waals surface area contributed by atoms with Gasteiger partial charge in [0.25, 0.3) is 0 Å². The molecule has 4 nitrogen and oxygen atoms in total. The van der Waals surface area contributed by atoms with E-state index in [9.17, 15) is 4.79 Å². The van der Waals surface area contributed by atoms with Gasteiger partial charge in [0.1, 0.15) is 0 Å². The number of carbonyl (C=O) groups excluding carboxylic acids is 1. The molecule has 100 valence electrons. The number of amides is 1. The maximum absolute atomic E-state index is 11.7. The third-order valence-corrected chi connectivity index (χ3v) is 3.62. The van der Waals surface area contributed by atoms with E-state index in [1.807, 2.05) is 30.1 Å². The van der Waals surface area contributed by atoms with Gasteiger partial charge in [-0.15, -0.1) is 0 Å². The maximum atomic E-state index is 11.7. The Bertz CT molecular complexity index is 380. The van der Waals surface area contributed by atoms with Crippen molar-refractivity contribution >= 4 is 5.91 Å². The van der Waals surface area contributed by atoms with Crippen LogP contribution in [0.1, 0.15) is 31.2 Å². The second-order valence-corrected chi connectivity index (χ2v) is 5.19. The van der Waals surface area contributed by atoms with E-state index in [1.165, 1.54) is 12.8 Å². The molecule has 1 saturated heterocycles. The van der Waals surface area contributed by atoms with Gasteiger partial charge in [-0.05, 0) is 49.9 Å². The van der Waals surface area contributed by atoms with Crippen molar-refractivity contribution in [2.24, 2.45) is 13.0 Å². The van der Waals surface area contributed by atoms with Gasteiger partial charge in [0.15, 0.2) is 0 Å². The van der Waals surface area contributed by atoms with Crippen LogP contribution in [0.2, 0.25) is 0 Å². The van der Waals surface area contributed by atoms with E-state index in [0.717, 1.165) is 31.0 Å². The summed E-state index contributed by atoms with van der Waals surface area (Å²) in [6.07, 6.45) is 8.15. The Labute approximate surface area is 109 Å². The maximum Gasteiger partial charge on any atom is 0.220 e. The normalized spacial score (nSPS) is 16.7. The zero-order chi connectivity index (χ0) is 12.8. The Morgan fingerprint density at radius 2 is 2.28 bits per heavy atom. The molecule has 1 aromatic heterocycles. The molecule has 0 aliphatic carbocycles. The Hall–Kier alpha value is -1.29. The van der Waals surface area contributed by atoms with Gasteiger partial charge in [0.2, 0.25) is 5.91 Å².